The summed E-state index contributed by atoms with van der Waals surface area (Å²) in [4.78, 5) is 9.36. The van der Waals surface area contributed by atoms with Gasteiger partial charge in [-0.15, -0.1) is 24.0 Å². The summed E-state index contributed by atoms with van der Waals surface area (Å²) in [6.07, 6.45) is 1.89. The number of fused-ring (bicyclic) bond motifs is 1. The molecule has 0 fully saturated rings. The maximum Gasteiger partial charge on any atom is 0.191 e. The van der Waals surface area contributed by atoms with Crippen LogP contribution in [0.25, 0.3) is 0 Å². The van der Waals surface area contributed by atoms with E-state index in [1.807, 2.05) is 22.9 Å². The lowest BCUT2D eigenvalue weighted by Crippen LogP contribution is -2.47. The van der Waals surface area contributed by atoms with Gasteiger partial charge in [-0.05, 0) is 25.0 Å². The van der Waals surface area contributed by atoms with Gasteiger partial charge in [-0.25, -0.2) is 9.67 Å². The van der Waals surface area contributed by atoms with Crippen LogP contribution >= 0.6 is 24.0 Å². The summed E-state index contributed by atoms with van der Waals surface area (Å²) in [6, 6.07) is 8.39. The second kappa shape index (κ2) is 12.1. The fourth-order valence-electron chi connectivity index (χ4n) is 3.58. The minimum Gasteiger partial charge on any atom is -0.496 e. The minimum atomic E-state index is 0. The summed E-state index contributed by atoms with van der Waals surface area (Å²) >= 11 is 0. The Morgan fingerprint density at radius 3 is 2.87 bits per heavy atom. The van der Waals surface area contributed by atoms with Gasteiger partial charge < -0.3 is 20.1 Å². The van der Waals surface area contributed by atoms with Crippen molar-refractivity contribution in [3.05, 3.63) is 41.5 Å². The fraction of sp³-hybridized carbons (Fsp3) is 0.571. The molecule has 2 heterocycles. The number of guanidine groups is 1. The van der Waals surface area contributed by atoms with Crippen LogP contribution in [-0.4, -0.2) is 54.1 Å². The van der Waals surface area contributed by atoms with Crippen LogP contribution in [0.3, 0.4) is 0 Å². The number of ether oxygens (including phenoxy) is 2. The van der Waals surface area contributed by atoms with Crippen molar-refractivity contribution in [1.29, 1.82) is 0 Å². The molecule has 0 aliphatic carbocycles. The highest BCUT2D eigenvalue weighted by molar-refractivity contribution is 14.0. The van der Waals surface area contributed by atoms with E-state index in [1.54, 1.807) is 14.2 Å². The first kappa shape index (κ1) is 24.4. The average Bonchev–Trinajstić information content (AvgIpc) is 3.14. The maximum atomic E-state index is 5.49. The maximum absolute atomic E-state index is 5.49. The molecule has 0 radical (unpaired) electrons. The normalized spacial score (nSPS) is 16.9. The molecule has 2 N–H and O–H groups in total. The van der Waals surface area contributed by atoms with Crippen LogP contribution in [0.1, 0.15) is 43.4 Å². The largest absolute Gasteiger partial charge is 0.496 e. The van der Waals surface area contributed by atoms with E-state index in [4.69, 9.17) is 14.5 Å². The Morgan fingerprint density at radius 2 is 2.13 bits per heavy atom. The third-order valence-corrected chi connectivity index (χ3v) is 5.05. The molecule has 0 amide bonds. The SMILES string of the molecule is CCNC(=NCC(C)c1ccccc1OC)NC1CCc2nc(COC)nn2C1.I. The van der Waals surface area contributed by atoms with E-state index in [0.717, 1.165) is 49.3 Å². The first-order valence-electron chi connectivity index (χ1n) is 10.2. The molecule has 0 saturated carbocycles. The van der Waals surface area contributed by atoms with E-state index in [0.29, 0.717) is 13.2 Å². The van der Waals surface area contributed by atoms with Crippen molar-refractivity contribution in [2.75, 3.05) is 27.3 Å². The quantitative estimate of drug-likeness (QED) is 0.312. The molecule has 1 aromatic carbocycles. The molecule has 8 nitrogen and oxygen atoms in total. The number of aromatic nitrogens is 3. The van der Waals surface area contributed by atoms with Crippen LogP contribution in [-0.2, 0) is 24.3 Å². The number of nitrogens with one attached hydrogen (secondary N) is 2. The van der Waals surface area contributed by atoms with E-state index in [9.17, 15) is 0 Å². The molecule has 30 heavy (non-hydrogen) atoms. The monoisotopic (exact) mass is 528 g/mol. The first-order valence-corrected chi connectivity index (χ1v) is 10.2. The minimum absolute atomic E-state index is 0. The number of aryl methyl sites for hydroxylation is 1. The summed E-state index contributed by atoms with van der Waals surface area (Å²) in [7, 11) is 3.37. The number of rotatable bonds is 8. The van der Waals surface area contributed by atoms with Crippen LogP contribution in [0, 0.1) is 0 Å². The number of aliphatic imine (C=N–C) groups is 1. The van der Waals surface area contributed by atoms with Gasteiger partial charge in [0.1, 0.15) is 18.2 Å². The zero-order chi connectivity index (χ0) is 20.6. The van der Waals surface area contributed by atoms with Gasteiger partial charge >= 0.3 is 0 Å². The predicted molar refractivity (Wildman–Crippen MR) is 129 cm³/mol. The number of methoxy groups -OCH3 is 2. The van der Waals surface area contributed by atoms with Crippen LogP contribution in [0.4, 0.5) is 0 Å². The molecule has 0 saturated heterocycles. The van der Waals surface area contributed by atoms with E-state index in [1.165, 1.54) is 5.56 Å². The lowest BCUT2D eigenvalue weighted by molar-refractivity contribution is 0.177. The lowest BCUT2D eigenvalue weighted by atomic mass is 10.0. The average molecular weight is 528 g/mol. The van der Waals surface area contributed by atoms with Crippen LogP contribution in [0.15, 0.2) is 29.3 Å². The van der Waals surface area contributed by atoms with E-state index in [-0.39, 0.29) is 35.9 Å². The Labute approximate surface area is 195 Å². The van der Waals surface area contributed by atoms with Crippen molar-refractivity contribution in [3.63, 3.8) is 0 Å². The molecule has 0 bridgehead atoms. The van der Waals surface area contributed by atoms with Gasteiger partial charge in [0, 0.05) is 38.6 Å². The summed E-state index contributed by atoms with van der Waals surface area (Å²) in [5, 5.41) is 11.5. The zero-order valence-corrected chi connectivity index (χ0v) is 20.6. The third kappa shape index (κ3) is 6.31. The van der Waals surface area contributed by atoms with Crippen molar-refractivity contribution >= 4 is 29.9 Å². The molecule has 1 aliphatic rings. The Balaban J connectivity index is 0.00000320. The van der Waals surface area contributed by atoms with Crippen molar-refractivity contribution in [2.24, 2.45) is 4.99 Å². The summed E-state index contributed by atoms with van der Waals surface area (Å²) in [5.41, 5.74) is 1.17. The Bertz CT molecular complexity index is 826. The molecule has 166 valence electrons. The molecule has 2 aromatic rings. The number of hydrogen-bond donors (Lipinski definition) is 2. The highest BCUT2D eigenvalue weighted by Crippen LogP contribution is 2.26. The molecule has 3 rings (SSSR count). The van der Waals surface area contributed by atoms with E-state index < -0.39 is 0 Å². The second-order valence-corrected chi connectivity index (χ2v) is 7.30. The van der Waals surface area contributed by atoms with Crippen LogP contribution < -0.4 is 15.4 Å². The predicted octanol–water partition coefficient (Wildman–Crippen LogP) is 2.72. The van der Waals surface area contributed by atoms with Gasteiger partial charge in [0.05, 0.1) is 13.7 Å². The molecule has 2 atom stereocenters. The topological polar surface area (TPSA) is 85.6 Å². The smallest absolute Gasteiger partial charge is 0.191 e. The van der Waals surface area contributed by atoms with Crippen molar-refractivity contribution in [1.82, 2.24) is 25.4 Å². The number of hydrogen-bond acceptors (Lipinski definition) is 5. The van der Waals surface area contributed by atoms with Gasteiger partial charge in [0.25, 0.3) is 0 Å². The van der Waals surface area contributed by atoms with Gasteiger partial charge in [0.2, 0.25) is 0 Å². The van der Waals surface area contributed by atoms with Crippen LogP contribution in [0.5, 0.6) is 5.75 Å². The van der Waals surface area contributed by atoms with Crippen molar-refractivity contribution < 1.29 is 9.47 Å². The van der Waals surface area contributed by atoms with Crippen molar-refractivity contribution in [2.45, 2.75) is 51.8 Å². The summed E-state index contributed by atoms with van der Waals surface area (Å²) in [5.74, 6) is 3.77. The van der Waals surface area contributed by atoms with E-state index in [2.05, 4.69) is 40.6 Å². The molecular weight excluding hydrogens is 495 g/mol. The highest BCUT2D eigenvalue weighted by atomic mass is 127. The van der Waals surface area contributed by atoms with Gasteiger partial charge in [-0.1, -0.05) is 25.1 Å². The molecule has 1 aromatic heterocycles. The Hall–Kier alpha value is -1.88. The Morgan fingerprint density at radius 1 is 1.33 bits per heavy atom. The summed E-state index contributed by atoms with van der Waals surface area (Å²) in [6.45, 7) is 6.96. The lowest BCUT2D eigenvalue weighted by Gasteiger charge is -2.25. The number of para-hydroxylation sites is 1. The molecule has 0 spiro atoms. The van der Waals surface area contributed by atoms with Gasteiger partial charge in [-0.3, -0.25) is 4.99 Å². The molecule has 2 unspecified atom stereocenters. The third-order valence-electron chi connectivity index (χ3n) is 5.05. The standard InChI is InChI=1S/C21H32N6O2.HI/c1-5-22-21(23-12-15(2)17-8-6-7-9-18(17)29-4)24-16-10-11-20-25-19(14-28-3)26-27(20)13-16;/h6-9,15-16H,5,10-14H2,1-4H3,(H2,22,23,24);1H. The molecule has 9 heteroatoms. The number of halogens is 1. The van der Waals surface area contributed by atoms with Crippen molar-refractivity contribution in [3.8, 4) is 5.75 Å². The van der Waals surface area contributed by atoms with Gasteiger partial charge in [-0.2, -0.15) is 5.10 Å². The zero-order valence-electron chi connectivity index (χ0n) is 18.2. The number of benzene rings is 1. The van der Waals surface area contributed by atoms with Gasteiger partial charge in [0.15, 0.2) is 11.8 Å². The first-order chi connectivity index (χ1) is 14.1. The molecular formula is C21H33IN6O2. The number of nitrogens with zero attached hydrogens (tertiary/aromatic N) is 4. The van der Waals surface area contributed by atoms with Crippen LogP contribution in [0.2, 0.25) is 0 Å². The molecule has 1 aliphatic heterocycles. The fourth-order valence-corrected chi connectivity index (χ4v) is 3.58. The summed E-state index contributed by atoms with van der Waals surface area (Å²) < 4.78 is 12.6. The van der Waals surface area contributed by atoms with E-state index >= 15 is 0 Å². The highest BCUT2D eigenvalue weighted by Gasteiger charge is 2.22. The Kier molecular flexibility index (Phi) is 9.83. The second-order valence-electron chi connectivity index (χ2n) is 7.30.